The van der Waals surface area contributed by atoms with Crippen LogP contribution in [-0.2, 0) is 24.4 Å². The van der Waals surface area contributed by atoms with Gasteiger partial charge in [-0.3, -0.25) is 9.35 Å². The average molecular weight is 330 g/mol. The van der Waals surface area contributed by atoms with Crippen LogP contribution < -0.4 is 34.7 Å². The van der Waals surface area contributed by atoms with Crippen LogP contribution in [0.2, 0.25) is 0 Å². The Morgan fingerprint density at radius 1 is 1.29 bits per heavy atom. The van der Waals surface area contributed by atoms with Crippen LogP contribution in [0.5, 0.6) is 0 Å². The molecule has 0 fully saturated rings. The molecule has 0 amide bonds. The van der Waals surface area contributed by atoms with E-state index >= 15 is 0 Å². The quantitative estimate of drug-likeness (QED) is 0.153. The van der Waals surface area contributed by atoms with Gasteiger partial charge in [-0.25, -0.2) is 0 Å². The molecule has 0 rings (SSSR count). The van der Waals surface area contributed by atoms with Gasteiger partial charge in [0.15, 0.2) is 5.25 Å². The number of ether oxygens (including phenoxy) is 1. The number of allylic oxidation sites excluding steroid dienone is 1. The van der Waals surface area contributed by atoms with E-state index in [9.17, 15) is 23.1 Å². The van der Waals surface area contributed by atoms with Crippen molar-refractivity contribution in [2.75, 3.05) is 0 Å². The van der Waals surface area contributed by atoms with Crippen LogP contribution >= 0.6 is 0 Å². The Hall–Kier alpha value is -0.410. The zero-order valence-electron chi connectivity index (χ0n) is 12.3. The Morgan fingerprint density at radius 2 is 1.90 bits per heavy atom. The van der Waals surface area contributed by atoms with Gasteiger partial charge in [0, 0.05) is 12.4 Å². The molecular formula is C12H19NaO7S. The van der Waals surface area contributed by atoms with Crippen LogP contribution in [0.4, 0.5) is 0 Å². The molecule has 0 aromatic heterocycles. The minimum absolute atomic E-state index is 0. The smallest absolute Gasteiger partial charge is 0.550 e. The molecule has 0 radical (unpaired) electrons. The molecule has 0 aliphatic carbocycles. The predicted molar refractivity (Wildman–Crippen MR) is 69.0 cm³/mol. The fraction of sp³-hybridized carbons (Fsp3) is 0.667. The van der Waals surface area contributed by atoms with Crippen LogP contribution in [0.3, 0.4) is 0 Å². The summed E-state index contributed by atoms with van der Waals surface area (Å²) in [5, 5.41) is 8.16. The summed E-state index contributed by atoms with van der Waals surface area (Å²) in [6, 6.07) is 0. The van der Waals surface area contributed by atoms with Crippen LogP contribution in [-0.4, -0.2) is 30.2 Å². The van der Waals surface area contributed by atoms with Crippen molar-refractivity contribution in [1.29, 1.82) is 0 Å². The first-order valence-corrected chi connectivity index (χ1v) is 7.81. The SMILES string of the molecule is CCCCCCC=COC(=O)C(CC(=O)[O-])S(=O)(=O)O.[Na+]. The molecule has 0 aliphatic rings. The number of carboxylic acids is 1. The van der Waals surface area contributed by atoms with Gasteiger partial charge >= 0.3 is 35.5 Å². The van der Waals surface area contributed by atoms with Gasteiger partial charge in [0.1, 0.15) is 0 Å². The van der Waals surface area contributed by atoms with Crippen molar-refractivity contribution in [3.8, 4) is 0 Å². The van der Waals surface area contributed by atoms with Crippen LogP contribution in [0.25, 0.3) is 0 Å². The van der Waals surface area contributed by atoms with Crippen molar-refractivity contribution < 1.29 is 62.0 Å². The summed E-state index contributed by atoms with van der Waals surface area (Å²) in [7, 11) is -4.84. The fourth-order valence-corrected chi connectivity index (χ4v) is 2.06. The van der Waals surface area contributed by atoms with Gasteiger partial charge in [-0.1, -0.05) is 26.2 Å². The normalized spacial score (nSPS) is 12.7. The maximum Gasteiger partial charge on any atom is 1.00 e. The summed E-state index contributed by atoms with van der Waals surface area (Å²) in [6.45, 7) is 2.07. The second kappa shape index (κ2) is 12.2. The molecule has 0 aromatic rings. The third kappa shape index (κ3) is 11.9. The van der Waals surface area contributed by atoms with E-state index in [1.165, 1.54) is 6.08 Å². The van der Waals surface area contributed by atoms with E-state index in [2.05, 4.69) is 11.7 Å². The molecule has 0 saturated carbocycles. The number of rotatable bonds is 10. The number of unbranched alkanes of at least 4 members (excludes halogenated alkanes) is 4. The van der Waals surface area contributed by atoms with Crippen LogP contribution in [0.15, 0.2) is 12.3 Å². The standard InChI is InChI=1S/C12H20O7S.Na/c1-2-3-4-5-6-7-8-19-12(15)10(9-11(13)14)20(16,17)18;/h7-8,10H,2-6,9H2,1H3,(H,13,14)(H,16,17,18);/q;+1/p-1. The molecule has 9 heteroatoms. The second-order valence-electron chi connectivity index (χ2n) is 4.24. The Bertz CT molecular complexity index is 445. The third-order valence-corrected chi connectivity index (χ3v) is 3.56. The molecule has 116 valence electrons. The number of carboxylic acid groups (broad SMARTS) is 1. The van der Waals surface area contributed by atoms with Crippen LogP contribution in [0.1, 0.15) is 45.4 Å². The zero-order chi connectivity index (χ0) is 15.6. The van der Waals surface area contributed by atoms with E-state index in [0.717, 1.165) is 31.9 Å². The van der Waals surface area contributed by atoms with Gasteiger partial charge < -0.3 is 14.6 Å². The van der Waals surface area contributed by atoms with Gasteiger partial charge in [-0.15, -0.1) is 0 Å². The topological polar surface area (TPSA) is 121 Å². The zero-order valence-corrected chi connectivity index (χ0v) is 15.1. The third-order valence-electron chi connectivity index (χ3n) is 2.48. The molecule has 0 saturated heterocycles. The van der Waals surface area contributed by atoms with Crippen molar-refractivity contribution in [1.82, 2.24) is 0 Å². The summed E-state index contributed by atoms with van der Waals surface area (Å²) in [6.07, 6.45) is 6.18. The predicted octanol–water partition coefficient (Wildman–Crippen LogP) is -2.59. The van der Waals surface area contributed by atoms with E-state index in [1.54, 1.807) is 0 Å². The maximum absolute atomic E-state index is 11.4. The van der Waals surface area contributed by atoms with E-state index in [4.69, 9.17) is 4.55 Å². The molecule has 0 heterocycles. The monoisotopic (exact) mass is 330 g/mol. The first-order chi connectivity index (χ1) is 9.29. The summed E-state index contributed by atoms with van der Waals surface area (Å²) in [5.74, 6) is -3.12. The minimum atomic E-state index is -4.84. The minimum Gasteiger partial charge on any atom is -0.550 e. The van der Waals surface area contributed by atoms with Crippen molar-refractivity contribution in [3.05, 3.63) is 12.3 Å². The number of carbonyl (C=O) groups is 2. The Labute approximate surface area is 146 Å². The Balaban J connectivity index is 0. The van der Waals surface area contributed by atoms with Gasteiger partial charge in [0.2, 0.25) is 0 Å². The van der Waals surface area contributed by atoms with Gasteiger partial charge in [0.05, 0.1) is 6.26 Å². The first-order valence-electron chi connectivity index (χ1n) is 6.30. The second-order valence-corrected chi connectivity index (χ2v) is 5.84. The molecule has 1 unspecified atom stereocenters. The van der Waals surface area contributed by atoms with E-state index in [1.807, 2.05) is 0 Å². The van der Waals surface area contributed by atoms with Crippen molar-refractivity contribution in [3.63, 3.8) is 0 Å². The molecule has 0 aromatic carbocycles. The maximum atomic E-state index is 11.4. The summed E-state index contributed by atoms with van der Waals surface area (Å²) in [5.41, 5.74) is 0. The summed E-state index contributed by atoms with van der Waals surface area (Å²) in [4.78, 5) is 21.7. The summed E-state index contributed by atoms with van der Waals surface area (Å²) < 4.78 is 35.0. The molecule has 1 N–H and O–H groups in total. The Kier molecular flexibility index (Phi) is 13.2. The molecule has 0 aliphatic heterocycles. The van der Waals surface area contributed by atoms with Gasteiger partial charge in [-0.05, 0) is 18.9 Å². The molecular weight excluding hydrogens is 311 g/mol. The molecule has 1 atom stereocenters. The van der Waals surface area contributed by atoms with Crippen molar-refractivity contribution in [2.24, 2.45) is 0 Å². The molecule has 0 spiro atoms. The number of hydrogen-bond donors (Lipinski definition) is 1. The van der Waals surface area contributed by atoms with Crippen molar-refractivity contribution >= 4 is 22.1 Å². The molecule has 7 nitrogen and oxygen atoms in total. The first kappa shape index (κ1) is 22.9. The average Bonchev–Trinajstić information content (AvgIpc) is 2.33. The number of hydrogen-bond acceptors (Lipinski definition) is 6. The van der Waals surface area contributed by atoms with E-state index in [0.29, 0.717) is 6.42 Å². The van der Waals surface area contributed by atoms with E-state index in [-0.39, 0.29) is 29.6 Å². The van der Waals surface area contributed by atoms with E-state index < -0.39 is 33.7 Å². The largest absolute Gasteiger partial charge is 1.00 e. The van der Waals surface area contributed by atoms with Gasteiger partial charge in [-0.2, -0.15) is 8.42 Å². The Morgan fingerprint density at radius 3 is 2.38 bits per heavy atom. The number of esters is 1. The van der Waals surface area contributed by atoms with Gasteiger partial charge in [0.25, 0.3) is 10.1 Å². The number of carbonyl (C=O) groups excluding carboxylic acids is 2. The van der Waals surface area contributed by atoms with Crippen LogP contribution in [0, 0.1) is 0 Å². The van der Waals surface area contributed by atoms with Crippen molar-refractivity contribution in [2.45, 2.75) is 50.7 Å². The fourth-order valence-electron chi connectivity index (χ4n) is 1.41. The molecule has 0 bridgehead atoms. The number of aliphatic carboxylic acids is 1. The molecule has 21 heavy (non-hydrogen) atoms. The summed E-state index contributed by atoms with van der Waals surface area (Å²) >= 11 is 0.